The molecule has 0 aromatic heterocycles. The molecule has 0 saturated heterocycles. The van der Waals surface area contributed by atoms with Crippen molar-refractivity contribution in [1.29, 1.82) is 0 Å². The number of benzene rings is 2. The Balaban J connectivity index is 0.00000162. The largest absolute Gasteiger partial charge is 0.497 e. The van der Waals surface area contributed by atoms with E-state index in [1.54, 1.807) is 7.11 Å². The van der Waals surface area contributed by atoms with Crippen LogP contribution in [-0.2, 0) is 0 Å². The van der Waals surface area contributed by atoms with Gasteiger partial charge in [-0.3, -0.25) is 0 Å². The van der Waals surface area contributed by atoms with E-state index in [2.05, 4.69) is 18.2 Å². The van der Waals surface area contributed by atoms with Crippen LogP contribution in [0.2, 0.25) is 0 Å². The zero-order valence-corrected chi connectivity index (χ0v) is 11.2. The summed E-state index contributed by atoms with van der Waals surface area (Å²) >= 11 is 0. The molecule has 3 nitrogen and oxygen atoms in total. The topological polar surface area (TPSA) is 61.3 Å². The summed E-state index contributed by atoms with van der Waals surface area (Å²) in [5.74, 6) is 0.872. The lowest BCUT2D eigenvalue weighted by Gasteiger charge is -2.12. The van der Waals surface area contributed by atoms with Gasteiger partial charge in [-0.2, -0.15) is 0 Å². The molecule has 0 bridgehead atoms. The molecule has 2 rings (SSSR count). The van der Waals surface area contributed by atoms with E-state index in [1.165, 1.54) is 5.39 Å². The second-order valence-corrected chi connectivity index (χ2v) is 4.16. The molecule has 2 aromatic carbocycles. The summed E-state index contributed by atoms with van der Waals surface area (Å²) in [6.07, 6.45) is 0.807. The van der Waals surface area contributed by atoms with E-state index in [9.17, 15) is 0 Å². The van der Waals surface area contributed by atoms with Gasteiger partial charge in [0.05, 0.1) is 7.11 Å². The Bertz CT molecular complexity index is 516. The highest BCUT2D eigenvalue weighted by molar-refractivity contribution is 5.85. The van der Waals surface area contributed by atoms with E-state index in [0.29, 0.717) is 6.54 Å². The molecule has 1 atom stereocenters. The molecule has 0 aliphatic heterocycles. The van der Waals surface area contributed by atoms with E-state index < -0.39 is 0 Å². The van der Waals surface area contributed by atoms with Crippen molar-refractivity contribution in [1.82, 2.24) is 0 Å². The van der Waals surface area contributed by atoms with Gasteiger partial charge in [-0.25, -0.2) is 0 Å². The number of methoxy groups -OCH3 is 1. The van der Waals surface area contributed by atoms with Gasteiger partial charge in [-0.05, 0) is 47.5 Å². The smallest absolute Gasteiger partial charge is 0.119 e. The standard InChI is InChI=1S/C14H18N2O.ClH/c1-17-13-5-4-10-8-12(14(16)6-7-15)3-2-11(10)9-13;/h2-5,8-9,14H,6-7,15-16H2,1H3;1H/t14-;/m0./s1. The predicted octanol–water partition coefficient (Wildman–Crippen LogP) is 2.62. The fourth-order valence-corrected chi connectivity index (χ4v) is 1.95. The molecular weight excluding hydrogens is 248 g/mol. The van der Waals surface area contributed by atoms with Crippen molar-refractivity contribution in [3.8, 4) is 5.75 Å². The lowest BCUT2D eigenvalue weighted by Crippen LogP contribution is -2.15. The average Bonchev–Trinajstić information content (AvgIpc) is 2.37. The zero-order chi connectivity index (χ0) is 12.3. The minimum Gasteiger partial charge on any atom is -0.497 e. The maximum absolute atomic E-state index is 6.05. The Morgan fingerprint density at radius 1 is 1.11 bits per heavy atom. The molecule has 0 aliphatic rings. The van der Waals surface area contributed by atoms with Gasteiger partial charge in [0.1, 0.15) is 5.75 Å². The normalized spacial score (nSPS) is 11.9. The maximum Gasteiger partial charge on any atom is 0.119 e. The Kier molecular flexibility index (Phi) is 5.41. The summed E-state index contributed by atoms with van der Waals surface area (Å²) in [5.41, 5.74) is 12.7. The highest BCUT2D eigenvalue weighted by Gasteiger charge is 2.05. The van der Waals surface area contributed by atoms with E-state index >= 15 is 0 Å². The SMILES string of the molecule is COc1ccc2cc([C@@H](N)CCN)ccc2c1.Cl. The predicted molar refractivity (Wildman–Crippen MR) is 78.3 cm³/mol. The van der Waals surface area contributed by atoms with E-state index in [-0.39, 0.29) is 18.4 Å². The molecule has 0 fully saturated rings. The van der Waals surface area contributed by atoms with Gasteiger partial charge in [0.2, 0.25) is 0 Å². The van der Waals surface area contributed by atoms with E-state index in [1.807, 2.05) is 18.2 Å². The summed E-state index contributed by atoms with van der Waals surface area (Å²) in [5, 5.41) is 2.34. The van der Waals surface area contributed by atoms with Crippen molar-refractivity contribution in [3.63, 3.8) is 0 Å². The molecule has 0 unspecified atom stereocenters. The molecule has 0 radical (unpaired) electrons. The summed E-state index contributed by atoms with van der Waals surface area (Å²) < 4.78 is 5.20. The summed E-state index contributed by atoms with van der Waals surface area (Å²) in [7, 11) is 1.67. The third-order valence-corrected chi connectivity index (χ3v) is 2.98. The number of hydrogen-bond acceptors (Lipinski definition) is 3. The Hall–Kier alpha value is -1.29. The summed E-state index contributed by atoms with van der Waals surface area (Å²) in [6, 6.07) is 12.3. The number of nitrogens with two attached hydrogens (primary N) is 2. The van der Waals surface area contributed by atoms with Crippen LogP contribution in [0, 0.1) is 0 Å². The fraction of sp³-hybridized carbons (Fsp3) is 0.286. The molecule has 4 heteroatoms. The number of fused-ring (bicyclic) bond motifs is 1. The molecule has 0 spiro atoms. The Morgan fingerprint density at radius 2 is 1.78 bits per heavy atom. The third kappa shape index (κ3) is 3.13. The van der Waals surface area contributed by atoms with Gasteiger partial charge in [0, 0.05) is 6.04 Å². The van der Waals surface area contributed by atoms with E-state index in [4.69, 9.17) is 16.2 Å². The van der Waals surface area contributed by atoms with Crippen LogP contribution in [-0.4, -0.2) is 13.7 Å². The first-order valence-corrected chi connectivity index (χ1v) is 5.78. The van der Waals surface area contributed by atoms with E-state index in [0.717, 1.165) is 23.1 Å². The number of rotatable bonds is 4. The second-order valence-electron chi connectivity index (χ2n) is 4.16. The zero-order valence-electron chi connectivity index (χ0n) is 10.4. The molecule has 2 aromatic rings. The van der Waals surface area contributed by atoms with Gasteiger partial charge >= 0.3 is 0 Å². The van der Waals surface area contributed by atoms with Crippen LogP contribution in [0.5, 0.6) is 5.75 Å². The first-order chi connectivity index (χ1) is 8.24. The van der Waals surface area contributed by atoms with Crippen LogP contribution in [0.25, 0.3) is 10.8 Å². The first-order valence-electron chi connectivity index (χ1n) is 5.78. The van der Waals surface area contributed by atoms with Crippen molar-refractivity contribution in [2.45, 2.75) is 12.5 Å². The first kappa shape index (κ1) is 14.8. The van der Waals surface area contributed by atoms with Gasteiger partial charge in [0.25, 0.3) is 0 Å². The lowest BCUT2D eigenvalue weighted by molar-refractivity contribution is 0.415. The van der Waals surface area contributed by atoms with Crippen molar-refractivity contribution < 1.29 is 4.74 Å². The van der Waals surface area contributed by atoms with Crippen LogP contribution in [0.4, 0.5) is 0 Å². The van der Waals surface area contributed by atoms with Crippen molar-refractivity contribution in [2.24, 2.45) is 11.5 Å². The molecule has 18 heavy (non-hydrogen) atoms. The number of halogens is 1. The van der Waals surface area contributed by atoms with Crippen molar-refractivity contribution in [3.05, 3.63) is 42.0 Å². The van der Waals surface area contributed by atoms with Gasteiger partial charge in [0.15, 0.2) is 0 Å². The Morgan fingerprint density at radius 3 is 2.44 bits per heavy atom. The van der Waals surface area contributed by atoms with Crippen molar-refractivity contribution >= 4 is 23.2 Å². The molecule has 98 valence electrons. The fourth-order valence-electron chi connectivity index (χ4n) is 1.95. The lowest BCUT2D eigenvalue weighted by atomic mass is 10.0. The van der Waals surface area contributed by atoms with Gasteiger partial charge in [-0.15, -0.1) is 12.4 Å². The second kappa shape index (κ2) is 6.59. The molecule has 0 saturated carbocycles. The molecule has 0 aliphatic carbocycles. The van der Waals surface area contributed by atoms with Crippen LogP contribution in [0.15, 0.2) is 36.4 Å². The average molecular weight is 267 g/mol. The van der Waals surface area contributed by atoms with Crippen molar-refractivity contribution in [2.75, 3.05) is 13.7 Å². The summed E-state index contributed by atoms with van der Waals surface area (Å²) in [4.78, 5) is 0. The van der Waals surface area contributed by atoms with Crippen LogP contribution < -0.4 is 16.2 Å². The minimum absolute atomic E-state index is 0. The number of hydrogen-bond donors (Lipinski definition) is 2. The minimum atomic E-state index is 0. The van der Waals surface area contributed by atoms with Crippen LogP contribution in [0.3, 0.4) is 0 Å². The van der Waals surface area contributed by atoms with Crippen LogP contribution in [0.1, 0.15) is 18.0 Å². The molecule has 0 heterocycles. The monoisotopic (exact) mass is 266 g/mol. The van der Waals surface area contributed by atoms with Gasteiger partial charge < -0.3 is 16.2 Å². The summed E-state index contributed by atoms with van der Waals surface area (Å²) in [6.45, 7) is 0.613. The highest BCUT2D eigenvalue weighted by atomic mass is 35.5. The van der Waals surface area contributed by atoms with Crippen LogP contribution >= 0.6 is 12.4 Å². The molecular formula is C14H19ClN2O. The molecule has 4 N–H and O–H groups in total. The highest BCUT2D eigenvalue weighted by Crippen LogP contribution is 2.24. The third-order valence-electron chi connectivity index (χ3n) is 2.98. The Labute approximate surface area is 114 Å². The molecule has 0 amide bonds. The van der Waals surface area contributed by atoms with Gasteiger partial charge in [-0.1, -0.05) is 18.2 Å². The quantitative estimate of drug-likeness (QED) is 0.894. The maximum atomic E-state index is 6.05. The number of ether oxygens (including phenoxy) is 1.